The van der Waals surface area contributed by atoms with Crippen LogP contribution in [0.15, 0.2) is 66.9 Å². The highest BCUT2D eigenvalue weighted by Gasteiger charge is 2.20. The summed E-state index contributed by atoms with van der Waals surface area (Å²) in [6.45, 7) is 4.07. The van der Waals surface area contributed by atoms with E-state index in [9.17, 15) is 4.79 Å². The molecule has 0 aliphatic rings. The van der Waals surface area contributed by atoms with Gasteiger partial charge in [-0.15, -0.1) is 0 Å². The standard InChI is InChI=1S/C23H19NO3/c1-3-26-23(25)20-14-24-21-18-10-5-4-8-16(18)11-12-19(21)22(20)27-17-9-6-7-15(2)13-17/h4-14H,3H2,1-2H3. The molecule has 1 heterocycles. The van der Waals surface area contributed by atoms with Gasteiger partial charge in [-0.25, -0.2) is 4.79 Å². The monoisotopic (exact) mass is 357 g/mol. The van der Waals surface area contributed by atoms with Crippen LogP contribution in [0.2, 0.25) is 0 Å². The largest absolute Gasteiger partial charge is 0.462 e. The number of carbonyl (C=O) groups excluding carboxylic acids is 1. The number of fused-ring (bicyclic) bond motifs is 3. The summed E-state index contributed by atoms with van der Waals surface area (Å²) in [5.74, 6) is 0.693. The molecule has 0 radical (unpaired) electrons. The normalized spacial score (nSPS) is 10.9. The third-order valence-electron chi connectivity index (χ3n) is 4.42. The molecule has 0 amide bonds. The lowest BCUT2D eigenvalue weighted by atomic mass is 10.0. The topological polar surface area (TPSA) is 48.4 Å². The van der Waals surface area contributed by atoms with Crippen molar-refractivity contribution >= 4 is 27.6 Å². The minimum absolute atomic E-state index is 0.290. The maximum absolute atomic E-state index is 12.5. The van der Waals surface area contributed by atoms with Crippen LogP contribution in [0.25, 0.3) is 21.7 Å². The van der Waals surface area contributed by atoms with E-state index >= 15 is 0 Å². The zero-order chi connectivity index (χ0) is 18.8. The van der Waals surface area contributed by atoms with E-state index in [2.05, 4.69) is 4.98 Å². The second-order valence-electron chi connectivity index (χ2n) is 6.32. The first-order valence-electron chi connectivity index (χ1n) is 8.89. The van der Waals surface area contributed by atoms with Gasteiger partial charge in [0.2, 0.25) is 0 Å². The van der Waals surface area contributed by atoms with Crippen molar-refractivity contribution in [3.8, 4) is 11.5 Å². The third-order valence-corrected chi connectivity index (χ3v) is 4.42. The molecule has 3 aromatic carbocycles. The number of esters is 1. The average molecular weight is 357 g/mol. The van der Waals surface area contributed by atoms with Gasteiger partial charge in [0, 0.05) is 17.0 Å². The summed E-state index contributed by atoms with van der Waals surface area (Å²) >= 11 is 0. The summed E-state index contributed by atoms with van der Waals surface area (Å²) in [7, 11) is 0. The van der Waals surface area contributed by atoms with Crippen molar-refractivity contribution in [2.45, 2.75) is 13.8 Å². The Morgan fingerprint density at radius 3 is 2.67 bits per heavy atom. The van der Waals surface area contributed by atoms with E-state index in [1.807, 2.05) is 67.6 Å². The van der Waals surface area contributed by atoms with E-state index in [-0.39, 0.29) is 0 Å². The summed E-state index contributed by atoms with van der Waals surface area (Å²) < 4.78 is 11.4. The van der Waals surface area contributed by atoms with Crippen molar-refractivity contribution in [1.29, 1.82) is 0 Å². The maximum atomic E-state index is 12.5. The molecular formula is C23H19NO3. The van der Waals surface area contributed by atoms with Crippen LogP contribution >= 0.6 is 0 Å². The van der Waals surface area contributed by atoms with Crippen LogP contribution in [-0.4, -0.2) is 17.6 Å². The Kier molecular flexibility index (Phi) is 4.47. The van der Waals surface area contributed by atoms with E-state index < -0.39 is 5.97 Å². The van der Waals surface area contributed by atoms with Crippen LogP contribution < -0.4 is 4.74 Å². The molecule has 0 unspecified atom stereocenters. The Hall–Kier alpha value is -3.40. The SMILES string of the molecule is CCOC(=O)c1cnc2c(ccc3ccccc32)c1Oc1cccc(C)c1. The Morgan fingerprint density at radius 2 is 1.85 bits per heavy atom. The number of ether oxygens (including phenoxy) is 2. The van der Waals surface area contributed by atoms with Crippen molar-refractivity contribution in [3.05, 3.63) is 78.0 Å². The fourth-order valence-electron chi connectivity index (χ4n) is 3.17. The van der Waals surface area contributed by atoms with E-state index in [0.717, 1.165) is 27.2 Å². The van der Waals surface area contributed by atoms with Gasteiger partial charge >= 0.3 is 5.97 Å². The lowest BCUT2D eigenvalue weighted by Crippen LogP contribution is -2.07. The fraction of sp³-hybridized carbons (Fsp3) is 0.130. The summed E-state index contributed by atoms with van der Waals surface area (Å²) in [6.07, 6.45) is 1.54. The van der Waals surface area contributed by atoms with E-state index in [0.29, 0.717) is 23.7 Å². The van der Waals surface area contributed by atoms with Crippen molar-refractivity contribution in [3.63, 3.8) is 0 Å². The molecule has 0 saturated carbocycles. The fourth-order valence-corrected chi connectivity index (χ4v) is 3.17. The number of hydrogen-bond donors (Lipinski definition) is 0. The predicted octanol–water partition coefficient (Wildman–Crippen LogP) is 5.67. The lowest BCUT2D eigenvalue weighted by molar-refractivity contribution is 0.0523. The number of hydrogen-bond acceptors (Lipinski definition) is 4. The predicted molar refractivity (Wildman–Crippen MR) is 106 cm³/mol. The van der Waals surface area contributed by atoms with Crippen LogP contribution in [0, 0.1) is 6.92 Å². The molecule has 0 aliphatic heterocycles. The van der Waals surface area contributed by atoms with Crippen LogP contribution in [0.4, 0.5) is 0 Å². The number of aryl methyl sites for hydroxylation is 1. The highest BCUT2D eigenvalue weighted by molar-refractivity contribution is 6.10. The highest BCUT2D eigenvalue weighted by atomic mass is 16.5. The molecule has 0 fully saturated rings. The van der Waals surface area contributed by atoms with Gasteiger partial charge in [0.1, 0.15) is 11.3 Å². The van der Waals surface area contributed by atoms with Crippen molar-refractivity contribution in [2.75, 3.05) is 6.61 Å². The molecule has 0 saturated heterocycles. The molecule has 4 nitrogen and oxygen atoms in total. The number of benzene rings is 3. The molecular weight excluding hydrogens is 338 g/mol. The van der Waals surface area contributed by atoms with Crippen LogP contribution in [0.3, 0.4) is 0 Å². The van der Waals surface area contributed by atoms with Crippen molar-refractivity contribution < 1.29 is 14.3 Å². The second kappa shape index (κ2) is 7.08. The molecule has 4 heteroatoms. The quantitative estimate of drug-likeness (QED) is 0.349. The Bertz CT molecular complexity index is 1150. The summed E-state index contributed by atoms with van der Waals surface area (Å²) in [4.78, 5) is 17.0. The van der Waals surface area contributed by atoms with Crippen LogP contribution in [0.5, 0.6) is 11.5 Å². The van der Waals surface area contributed by atoms with E-state index in [1.54, 1.807) is 6.92 Å². The van der Waals surface area contributed by atoms with Crippen LogP contribution in [0.1, 0.15) is 22.8 Å². The minimum Gasteiger partial charge on any atom is -0.462 e. The second-order valence-corrected chi connectivity index (χ2v) is 6.32. The molecule has 1 aromatic heterocycles. The van der Waals surface area contributed by atoms with Gasteiger partial charge in [-0.05, 0) is 43.0 Å². The molecule has 27 heavy (non-hydrogen) atoms. The summed E-state index contributed by atoms with van der Waals surface area (Å²) in [5.41, 5.74) is 2.19. The van der Waals surface area contributed by atoms with Crippen LogP contribution in [-0.2, 0) is 4.74 Å². The average Bonchev–Trinajstić information content (AvgIpc) is 2.68. The summed E-state index contributed by atoms with van der Waals surface area (Å²) in [5, 5.41) is 2.88. The molecule has 4 aromatic rings. The molecule has 0 spiro atoms. The number of nitrogens with zero attached hydrogens (tertiary/aromatic N) is 1. The zero-order valence-corrected chi connectivity index (χ0v) is 15.2. The first kappa shape index (κ1) is 17.0. The molecule has 0 bridgehead atoms. The Morgan fingerprint density at radius 1 is 1.00 bits per heavy atom. The minimum atomic E-state index is -0.442. The van der Waals surface area contributed by atoms with E-state index in [1.165, 1.54) is 6.20 Å². The maximum Gasteiger partial charge on any atom is 0.343 e. The van der Waals surface area contributed by atoms with Gasteiger partial charge in [0.25, 0.3) is 0 Å². The van der Waals surface area contributed by atoms with E-state index in [4.69, 9.17) is 9.47 Å². The van der Waals surface area contributed by atoms with Crippen molar-refractivity contribution in [1.82, 2.24) is 4.98 Å². The van der Waals surface area contributed by atoms with Gasteiger partial charge in [-0.2, -0.15) is 0 Å². The number of pyridine rings is 1. The highest BCUT2D eigenvalue weighted by Crippen LogP contribution is 2.36. The van der Waals surface area contributed by atoms with Gasteiger partial charge in [-0.1, -0.05) is 42.5 Å². The van der Waals surface area contributed by atoms with Gasteiger partial charge in [0.15, 0.2) is 5.75 Å². The summed E-state index contributed by atoms with van der Waals surface area (Å²) in [6, 6.07) is 19.7. The molecule has 0 atom stereocenters. The van der Waals surface area contributed by atoms with Gasteiger partial charge in [0.05, 0.1) is 12.1 Å². The zero-order valence-electron chi connectivity index (χ0n) is 15.2. The number of rotatable bonds is 4. The molecule has 0 N–H and O–H groups in total. The number of aromatic nitrogens is 1. The van der Waals surface area contributed by atoms with Crippen molar-refractivity contribution in [2.24, 2.45) is 0 Å². The Labute approximate surface area is 157 Å². The molecule has 134 valence electrons. The van der Waals surface area contributed by atoms with Gasteiger partial charge in [-0.3, -0.25) is 4.98 Å². The molecule has 0 aliphatic carbocycles. The van der Waals surface area contributed by atoms with Gasteiger partial charge < -0.3 is 9.47 Å². The first-order valence-corrected chi connectivity index (χ1v) is 8.89. The number of carbonyl (C=O) groups is 1. The lowest BCUT2D eigenvalue weighted by Gasteiger charge is -2.14. The first-order chi connectivity index (χ1) is 13.2. The smallest absolute Gasteiger partial charge is 0.343 e. The Balaban J connectivity index is 1.96. The third kappa shape index (κ3) is 3.22. The molecule has 4 rings (SSSR count).